The van der Waals surface area contributed by atoms with Crippen LogP contribution in [-0.2, 0) is 0 Å². The molecule has 6 heteroatoms. The quantitative estimate of drug-likeness (QED) is 0.254. The third kappa shape index (κ3) is 1.97. The van der Waals surface area contributed by atoms with E-state index in [0.29, 0.717) is 0 Å². The first-order valence-corrected chi connectivity index (χ1v) is 2.52. The van der Waals surface area contributed by atoms with E-state index in [1.807, 2.05) is 0 Å². The van der Waals surface area contributed by atoms with Crippen LogP contribution in [0.15, 0.2) is 6.07 Å². The summed E-state index contributed by atoms with van der Waals surface area (Å²) in [6.45, 7) is 0. The Balaban J connectivity index is 0.00000121. The van der Waals surface area contributed by atoms with Gasteiger partial charge in [-0.3, -0.25) is 0 Å². The van der Waals surface area contributed by atoms with E-state index < -0.39 is 29.1 Å². The maximum absolute atomic E-state index is 12.0. The Kier molecular flexibility index (Phi) is 4.16. The molecule has 0 bridgehead atoms. The predicted octanol–water partition coefficient (Wildman–Crippen LogP) is 1.73. The molecule has 0 aliphatic heterocycles. The Morgan fingerprint density at radius 2 is 1.00 bits per heavy atom. The zero-order valence-electron chi connectivity index (χ0n) is 4.97. The topological polar surface area (TPSA) is 0 Å². The second-order valence-corrected chi connectivity index (χ2v) is 1.78. The normalized spacial score (nSPS) is 9.42. The first-order valence-electron chi connectivity index (χ1n) is 2.52. The van der Waals surface area contributed by atoms with Gasteiger partial charge in [-0.15, -0.1) is 0 Å². The summed E-state index contributed by atoms with van der Waals surface area (Å²) in [7, 11) is 0. The molecular weight excluding hydrogens is 190 g/mol. The first kappa shape index (κ1) is 11.9. The number of benzene rings is 1. The molecule has 1 aromatic rings. The van der Waals surface area contributed by atoms with Crippen molar-refractivity contribution >= 4 is 29.6 Å². The number of halogens is 5. The van der Waals surface area contributed by atoms with E-state index in [2.05, 4.69) is 0 Å². The molecule has 0 aliphatic rings. The molecule has 0 radical (unpaired) electrons. The zero-order chi connectivity index (χ0) is 8.59. The van der Waals surface area contributed by atoms with Gasteiger partial charge in [0.1, 0.15) is 0 Å². The molecule has 0 aromatic heterocycles. The fraction of sp³-hybridized carbons (Fsp3) is 0. The van der Waals surface area contributed by atoms with Crippen molar-refractivity contribution in [3.63, 3.8) is 0 Å². The summed E-state index contributed by atoms with van der Waals surface area (Å²) in [4.78, 5) is 0. The number of hydrogen-bond donors (Lipinski definition) is 0. The van der Waals surface area contributed by atoms with Gasteiger partial charge in [-0.2, -0.15) is 0 Å². The third-order valence-electron chi connectivity index (χ3n) is 1.06. The van der Waals surface area contributed by atoms with Crippen LogP contribution in [0.5, 0.6) is 0 Å². The van der Waals surface area contributed by atoms with Gasteiger partial charge in [0.2, 0.25) is 5.82 Å². The van der Waals surface area contributed by atoms with Crippen LogP contribution in [0.4, 0.5) is 22.0 Å². The molecule has 0 N–H and O–H groups in total. The Labute approximate surface area is 86.7 Å². The Morgan fingerprint density at radius 1 is 0.667 bits per heavy atom. The van der Waals surface area contributed by atoms with Gasteiger partial charge in [0.05, 0.1) is 0 Å². The molecule has 0 fully saturated rings. The van der Waals surface area contributed by atoms with Crippen molar-refractivity contribution in [3.8, 4) is 0 Å². The molecule has 1 rings (SSSR count). The van der Waals surface area contributed by atoms with Crippen LogP contribution in [0.3, 0.4) is 0 Å². The summed E-state index contributed by atoms with van der Waals surface area (Å²) >= 11 is 0. The van der Waals surface area contributed by atoms with Gasteiger partial charge >= 0.3 is 29.6 Å². The molecule has 0 nitrogen and oxygen atoms in total. The fourth-order valence-corrected chi connectivity index (χ4v) is 0.544. The van der Waals surface area contributed by atoms with E-state index >= 15 is 0 Å². The number of rotatable bonds is 0. The summed E-state index contributed by atoms with van der Waals surface area (Å²) in [5.41, 5.74) is 0. The van der Waals surface area contributed by atoms with Gasteiger partial charge in [0.15, 0.2) is 23.3 Å². The standard InChI is InChI=1S/C6HF5.Na.H/c7-2-1-3(8)5(10)6(11)4(2)9;;/h1H;;. The minimum absolute atomic E-state index is 0. The minimum atomic E-state index is -2.14. The van der Waals surface area contributed by atoms with Gasteiger partial charge in [-0.05, 0) is 0 Å². The van der Waals surface area contributed by atoms with E-state index in [1.54, 1.807) is 0 Å². The van der Waals surface area contributed by atoms with Crippen LogP contribution >= 0.6 is 0 Å². The van der Waals surface area contributed by atoms with Gasteiger partial charge in [-0.25, -0.2) is 22.0 Å². The molecule has 0 spiro atoms. The number of hydrogen-bond acceptors (Lipinski definition) is 0. The van der Waals surface area contributed by atoms with E-state index in [-0.39, 0.29) is 35.6 Å². The van der Waals surface area contributed by atoms with E-state index in [9.17, 15) is 22.0 Å². The SMILES string of the molecule is Fc1cc(F)c(F)c(F)c1F.[NaH]. The summed E-state index contributed by atoms with van der Waals surface area (Å²) in [6, 6.07) is -0.0618. The third-order valence-corrected chi connectivity index (χ3v) is 1.06. The van der Waals surface area contributed by atoms with Crippen molar-refractivity contribution in [1.82, 2.24) is 0 Å². The molecular formula is C6H2F5Na. The van der Waals surface area contributed by atoms with Crippen molar-refractivity contribution in [2.45, 2.75) is 0 Å². The van der Waals surface area contributed by atoms with E-state index in [0.717, 1.165) is 0 Å². The molecule has 0 heterocycles. The molecule has 0 amide bonds. The monoisotopic (exact) mass is 192 g/mol. The average molecular weight is 192 g/mol. The summed E-state index contributed by atoms with van der Waals surface area (Å²) in [5, 5.41) is 0. The predicted molar refractivity (Wildman–Crippen MR) is 33.4 cm³/mol. The molecule has 0 saturated heterocycles. The van der Waals surface area contributed by atoms with Crippen molar-refractivity contribution in [2.75, 3.05) is 0 Å². The summed E-state index contributed by atoms with van der Waals surface area (Å²) in [6.07, 6.45) is 0. The molecule has 0 unspecified atom stereocenters. The van der Waals surface area contributed by atoms with Gasteiger partial charge in [0, 0.05) is 6.07 Å². The second-order valence-electron chi connectivity index (χ2n) is 1.78. The first-order chi connectivity index (χ1) is 5.04. The zero-order valence-corrected chi connectivity index (χ0v) is 4.97. The molecule has 0 aliphatic carbocycles. The maximum atomic E-state index is 12.0. The van der Waals surface area contributed by atoms with Crippen LogP contribution in [0, 0.1) is 29.1 Å². The van der Waals surface area contributed by atoms with Crippen molar-refractivity contribution in [3.05, 3.63) is 35.2 Å². The van der Waals surface area contributed by atoms with Crippen LogP contribution in [-0.4, -0.2) is 29.6 Å². The van der Waals surface area contributed by atoms with Gasteiger partial charge < -0.3 is 0 Å². The Bertz CT molecular complexity index is 272. The molecule has 62 valence electrons. The van der Waals surface area contributed by atoms with E-state index in [1.165, 1.54) is 0 Å². The Hall–Kier alpha value is -0.130. The summed E-state index contributed by atoms with van der Waals surface area (Å²) in [5.74, 6) is -9.65. The second kappa shape index (κ2) is 4.20. The van der Waals surface area contributed by atoms with Crippen molar-refractivity contribution in [1.29, 1.82) is 0 Å². The molecule has 1 aromatic carbocycles. The van der Waals surface area contributed by atoms with Crippen LogP contribution in [0.1, 0.15) is 0 Å². The summed E-state index contributed by atoms with van der Waals surface area (Å²) < 4.78 is 60.0. The van der Waals surface area contributed by atoms with E-state index in [4.69, 9.17) is 0 Å². The molecule has 12 heavy (non-hydrogen) atoms. The Morgan fingerprint density at radius 3 is 1.33 bits per heavy atom. The average Bonchev–Trinajstić information content (AvgIpc) is 1.97. The van der Waals surface area contributed by atoms with Gasteiger partial charge in [0.25, 0.3) is 0 Å². The molecule has 0 saturated carbocycles. The van der Waals surface area contributed by atoms with Crippen molar-refractivity contribution in [2.24, 2.45) is 0 Å². The van der Waals surface area contributed by atoms with Crippen LogP contribution in [0.25, 0.3) is 0 Å². The van der Waals surface area contributed by atoms with Crippen LogP contribution < -0.4 is 0 Å². The fourth-order valence-electron chi connectivity index (χ4n) is 0.544. The molecule has 0 atom stereocenters. The van der Waals surface area contributed by atoms with Crippen LogP contribution in [0.2, 0.25) is 0 Å². The van der Waals surface area contributed by atoms with Gasteiger partial charge in [-0.1, -0.05) is 0 Å². The van der Waals surface area contributed by atoms with Crippen molar-refractivity contribution < 1.29 is 22.0 Å².